The van der Waals surface area contributed by atoms with E-state index in [4.69, 9.17) is 14.3 Å². The predicted molar refractivity (Wildman–Crippen MR) is 74.2 cm³/mol. The fourth-order valence-corrected chi connectivity index (χ4v) is 1.98. The molecule has 0 saturated heterocycles. The predicted octanol–water partition coefficient (Wildman–Crippen LogP) is 2.60. The number of benzene rings is 1. The highest BCUT2D eigenvalue weighted by atomic mass is 16.5. The number of hydrogen-bond donors (Lipinski definition) is 1. The minimum Gasteiger partial charge on any atom is -0.494 e. The van der Waals surface area contributed by atoms with Gasteiger partial charge in [0.05, 0.1) is 12.0 Å². The minimum atomic E-state index is -0.852. The summed E-state index contributed by atoms with van der Waals surface area (Å²) in [6, 6.07) is 6.52. The lowest BCUT2D eigenvalue weighted by Gasteiger charge is -2.05. The Bertz CT molecular complexity index is 672. The number of carboxylic acids is 1. The third-order valence-electron chi connectivity index (χ3n) is 2.87. The van der Waals surface area contributed by atoms with Crippen LogP contribution in [-0.2, 0) is 11.2 Å². The van der Waals surface area contributed by atoms with E-state index in [1.807, 2.05) is 6.92 Å². The van der Waals surface area contributed by atoms with Gasteiger partial charge in [0.15, 0.2) is 5.43 Å². The summed E-state index contributed by atoms with van der Waals surface area (Å²) >= 11 is 0. The van der Waals surface area contributed by atoms with E-state index in [-0.39, 0.29) is 11.8 Å². The van der Waals surface area contributed by atoms with Gasteiger partial charge in [-0.25, -0.2) is 0 Å². The van der Waals surface area contributed by atoms with Crippen molar-refractivity contribution in [1.29, 1.82) is 0 Å². The molecular formula is C15H16O5. The van der Waals surface area contributed by atoms with E-state index in [0.717, 1.165) is 0 Å². The van der Waals surface area contributed by atoms with E-state index < -0.39 is 5.97 Å². The number of aliphatic carboxylic acids is 1. The van der Waals surface area contributed by atoms with Gasteiger partial charge in [0.25, 0.3) is 0 Å². The van der Waals surface area contributed by atoms with Gasteiger partial charge in [0.1, 0.15) is 17.1 Å². The van der Waals surface area contributed by atoms with Gasteiger partial charge in [-0.1, -0.05) is 0 Å². The van der Waals surface area contributed by atoms with Gasteiger partial charge >= 0.3 is 5.97 Å². The maximum atomic E-state index is 12.0. The van der Waals surface area contributed by atoms with Crippen molar-refractivity contribution in [3.63, 3.8) is 0 Å². The van der Waals surface area contributed by atoms with Crippen LogP contribution in [0, 0.1) is 0 Å². The first-order valence-electron chi connectivity index (χ1n) is 6.51. The molecule has 5 heteroatoms. The molecule has 0 bridgehead atoms. The number of ether oxygens (including phenoxy) is 1. The summed E-state index contributed by atoms with van der Waals surface area (Å²) in [7, 11) is 0. The Kier molecular flexibility index (Phi) is 4.40. The number of carboxylic acid groups (broad SMARTS) is 1. The summed E-state index contributed by atoms with van der Waals surface area (Å²) in [5, 5.41) is 9.06. The molecule has 1 aromatic carbocycles. The summed E-state index contributed by atoms with van der Waals surface area (Å²) in [5.41, 5.74) is 0.351. The summed E-state index contributed by atoms with van der Waals surface area (Å²) < 4.78 is 11.0. The summed E-state index contributed by atoms with van der Waals surface area (Å²) in [4.78, 5) is 22.5. The molecule has 0 radical (unpaired) electrons. The average molecular weight is 276 g/mol. The lowest BCUT2D eigenvalue weighted by molar-refractivity contribution is -0.137. The Labute approximate surface area is 115 Å². The molecule has 0 saturated carbocycles. The van der Waals surface area contributed by atoms with Gasteiger partial charge in [-0.2, -0.15) is 0 Å². The first-order valence-corrected chi connectivity index (χ1v) is 6.51. The second-order valence-corrected chi connectivity index (χ2v) is 4.42. The molecule has 5 nitrogen and oxygen atoms in total. The number of rotatable bonds is 6. The molecule has 0 spiro atoms. The number of carbonyl (C=O) groups is 1. The third-order valence-corrected chi connectivity index (χ3v) is 2.87. The van der Waals surface area contributed by atoms with E-state index in [9.17, 15) is 9.59 Å². The van der Waals surface area contributed by atoms with Gasteiger partial charge in [0, 0.05) is 18.9 Å². The molecule has 0 aliphatic rings. The quantitative estimate of drug-likeness (QED) is 0.877. The van der Waals surface area contributed by atoms with Crippen molar-refractivity contribution in [2.75, 3.05) is 6.61 Å². The van der Waals surface area contributed by atoms with E-state index in [1.54, 1.807) is 18.2 Å². The molecule has 0 aliphatic carbocycles. The molecule has 0 fully saturated rings. The van der Waals surface area contributed by atoms with Crippen LogP contribution in [-0.4, -0.2) is 17.7 Å². The zero-order valence-corrected chi connectivity index (χ0v) is 11.2. The van der Waals surface area contributed by atoms with E-state index >= 15 is 0 Å². The summed E-state index contributed by atoms with van der Waals surface area (Å²) in [6.07, 6.45) is 0.941. The second kappa shape index (κ2) is 6.23. The Morgan fingerprint density at radius 1 is 1.35 bits per heavy atom. The Balaban J connectivity index is 2.26. The molecule has 0 unspecified atom stereocenters. The Hall–Kier alpha value is -2.30. The topological polar surface area (TPSA) is 76.7 Å². The standard InChI is InChI=1S/C15H16O5/c1-2-19-10-6-7-14-12(8-10)13(16)9-11(20-14)4-3-5-15(17)18/h6-9H,2-5H2,1H3,(H,17,18). The Morgan fingerprint density at radius 2 is 2.15 bits per heavy atom. The molecule has 1 heterocycles. The van der Waals surface area contributed by atoms with Crippen LogP contribution < -0.4 is 10.2 Å². The molecule has 1 N–H and O–H groups in total. The summed E-state index contributed by atoms with van der Waals surface area (Å²) in [5.74, 6) is 0.285. The molecule has 0 aliphatic heterocycles. The molecule has 0 atom stereocenters. The van der Waals surface area contributed by atoms with Crippen molar-refractivity contribution in [3.8, 4) is 5.75 Å². The van der Waals surface area contributed by atoms with Gasteiger partial charge < -0.3 is 14.3 Å². The zero-order chi connectivity index (χ0) is 14.5. The van der Waals surface area contributed by atoms with Gasteiger partial charge in [-0.05, 0) is 31.5 Å². The van der Waals surface area contributed by atoms with E-state index in [2.05, 4.69) is 0 Å². The van der Waals surface area contributed by atoms with Crippen LogP contribution in [0.4, 0.5) is 0 Å². The van der Waals surface area contributed by atoms with E-state index in [0.29, 0.717) is 41.9 Å². The lowest BCUT2D eigenvalue weighted by atomic mass is 10.1. The van der Waals surface area contributed by atoms with Crippen molar-refractivity contribution >= 4 is 16.9 Å². The third kappa shape index (κ3) is 3.38. The normalized spacial score (nSPS) is 10.7. The zero-order valence-electron chi connectivity index (χ0n) is 11.2. The van der Waals surface area contributed by atoms with Crippen LogP contribution in [0.1, 0.15) is 25.5 Å². The maximum Gasteiger partial charge on any atom is 0.303 e. The van der Waals surface area contributed by atoms with Gasteiger partial charge in [-0.15, -0.1) is 0 Å². The molecular weight excluding hydrogens is 260 g/mol. The van der Waals surface area contributed by atoms with Crippen LogP contribution >= 0.6 is 0 Å². The second-order valence-electron chi connectivity index (χ2n) is 4.42. The van der Waals surface area contributed by atoms with Gasteiger partial charge in [-0.3, -0.25) is 9.59 Å². The van der Waals surface area contributed by atoms with Crippen molar-refractivity contribution in [2.45, 2.75) is 26.2 Å². The van der Waals surface area contributed by atoms with Crippen LogP contribution in [0.15, 0.2) is 33.5 Å². The highest BCUT2D eigenvalue weighted by Crippen LogP contribution is 2.20. The fraction of sp³-hybridized carbons (Fsp3) is 0.333. The molecule has 106 valence electrons. The van der Waals surface area contributed by atoms with Crippen molar-refractivity contribution < 1.29 is 19.1 Å². The molecule has 0 amide bonds. The van der Waals surface area contributed by atoms with Crippen LogP contribution in [0.25, 0.3) is 11.0 Å². The summed E-state index contributed by atoms with van der Waals surface area (Å²) in [6.45, 7) is 2.41. The van der Waals surface area contributed by atoms with Crippen molar-refractivity contribution in [2.24, 2.45) is 0 Å². The van der Waals surface area contributed by atoms with Crippen LogP contribution in [0.2, 0.25) is 0 Å². The molecule has 2 rings (SSSR count). The van der Waals surface area contributed by atoms with E-state index in [1.165, 1.54) is 6.07 Å². The monoisotopic (exact) mass is 276 g/mol. The largest absolute Gasteiger partial charge is 0.494 e. The highest BCUT2D eigenvalue weighted by Gasteiger charge is 2.07. The molecule has 20 heavy (non-hydrogen) atoms. The smallest absolute Gasteiger partial charge is 0.303 e. The van der Waals surface area contributed by atoms with Crippen molar-refractivity contribution in [1.82, 2.24) is 0 Å². The lowest BCUT2D eigenvalue weighted by Crippen LogP contribution is -2.04. The average Bonchev–Trinajstić information content (AvgIpc) is 2.39. The van der Waals surface area contributed by atoms with Crippen molar-refractivity contribution in [3.05, 3.63) is 40.2 Å². The molecule has 2 aromatic rings. The Morgan fingerprint density at radius 3 is 2.85 bits per heavy atom. The minimum absolute atomic E-state index is 0.0605. The van der Waals surface area contributed by atoms with Crippen LogP contribution in [0.5, 0.6) is 5.75 Å². The van der Waals surface area contributed by atoms with Gasteiger partial charge in [0.2, 0.25) is 0 Å². The van der Waals surface area contributed by atoms with Crippen LogP contribution in [0.3, 0.4) is 0 Å². The highest BCUT2D eigenvalue weighted by molar-refractivity contribution is 5.78. The SMILES string of the molecule is CCOc1ccc2oc(CCCC(=O)O)cc(=O)c2c1. The number of aryl methyl sites for hydroxylation is 1. The fourth-order valence-electron chi connectivity index (χ4n) is 1.98. The molecule has 1 aromatic heterocycles. The first kappa shape index (κ1) is 14.1. The number of hydrogen-bond acceptors (Lipinski definition) is 4. The maximum absolute atomic E-state index is 12.0. The number of fused-ring (bicyclic) bond motifs is 1. The first-order chi connectivity index (χ1) is 9.60.